The van der Waals surface area contributed by atoms with Crippen molar-refractivity contribution >= 4 is 28.1 Å². The van der Waals surface area contributed by atoms with Crippen molar-refractivity contribution in [2.24, 2.45) is 0 Å². The van der Waals surface area contributed by atoms with Gasteiger partial charge in [-0.3, -0.25) is 14.9 Å². The van der Waals surface area contributed by atoms with Gasteiger partial charge in [-0.1, -0.05) is 42.5 Å². The first-order valence-corrected chi connectivity index (χ1v) is 9.15. The highest BCUT2D eigenvalue weighted by molar-refractivity contribution is 5.99. The molecule has 0 fully saturated rings. The highest BCUT2D eigenvalue weighted by Gasteiger charge is 2.24. The molecule has 3 aromatic carbocycles. The molecule has 1 amide bonds. The van der Waals surface area contributed by atoms with E-state index in [1.807, 2.05) is 49.4 Å². The number of benzene rings is 3. The fourth-order valence-electron chi connectivity index (χ4n) is 3.39. The minimum atomic E-state index is -0.500. The molecule has 0 aliphatic heterocycles. The normalized spacial score (nSPS) is 11.7. The molecule has 0 saturated heterocycles. The molecule has 0 heterocycles. The quantitative estimate of drug-likeness (QED) is 0.498. The van der Waals surface area contributed by atoms with Gasteiger partial charge >= 0.3 is 0 Å². The largest absolute Gasteiger partial charge is 0.496 e. The number of hydrogen-bond donors (Lipinski definition) is 1. The third-order valence-corrected chi connectivity index (χ3v) is 4.86. The van der Waals surface area contributed by atoms with Gasteiger partial charge in [0.05, 0.1) is 23.6 Å². The van der Waals surface area contributed by atoms with Crippen LogP contribution in [0, 0.1) is 10.1 Å². The lowest BCUT2D eigenvalue weighted by atomic mass is 9.99. The maximum Gasteiger partial charge on any atom is 0.293 e. The molecule has 0 saturated carbocycles. The van der Waals surface area contributed by atoms with Crippen molar-refractivity contribution in [1.82, 2.24) is 5.32 Å². The van der Waals surface area contributed by atoms with Crippen LogP contribution in [0.15, 0.2) is 54.6 Å². The first kappa shape index (κ1) is 20.1. The Kier molecular flexibility index (Phi) is 5.68. The average Bonchev–Trinajstić information content (AvgIpc) is 2.71. The number of rotatable bonds is 6. The van der Waals surface area contributed by atoms with Crippen LogP contribution in [0.5, 0.6) is 5.75 Å². The highest BCUT2D eigenvalue weighted by Crippen LogP contribution is 2.35. The molecule has 7 nitrogen and oxygen atoms in total. The van der Waals surface area contributed by atoms with Crippen molar-refractivity contribution < 1.29 is 14.5 Å². The van der Waals surface area contributed by atoms with E-state index in [0.717, 1.165) is 16.3 Å². The van der Waals surface area contributed by atoms with Crippen LogP contribution in [0.4, 0.5) is 11.4 Å². The zero-order valence-electron chi connectivity index (χ0n) is 16.8. The Labute approximate surface area is 169 Å². The van der Waals surface area contributed by atoms with Crippen LogP contribution < -0.4 is 15.0 Å². The second kappa shape index (κ2) is 8.18. The van der Waals surface area contributed by atoms with E-state index in [0.29, 0.717) is 5.69 Å². The molecule has 7 heteroatoms. The lowest BCUT2D eigenvalue weighted by Crippen LogP contribution is -2.27. The summed E-state index contributed by atoms with van der Waals surface area (Å²) in [5.74, 6) is -0.155. The van der Waals surface area contributed by atoms with Gasteiger partial charge < -0.3 is 15.0 Å². The highest BCUT2D eigenvalue weighted by atomic mass is 16.6. The van der Waals surface area contributed by atoms with E-state index in [4.69, 9.17) is 4.74 Å². The number of nitro groups is 1. The van der Waals surface area contributed by atoms with Gasteiger partial charge in [-0.15, -0.1) is 0 Å². The van der Waals surface area contributed by atoms with Crippen LogP contribution >= 0.6 is 0 Å². The Bertz CT molecular complexity index is 1070. The van der Waals surface area contributed by atoms with Crippen LogP contribution in [0.2, 0.25) is 0 Å². The van der Waals surface area contributed by atoms with Gasteiger partial charge in [0.2, 0.25) is 0 Å². The SMILES string of the molecule is COc1cc(N(C)C)c([N+](=O)[O-])cc1C(=O)N[C@H](C)c1cccc2ccccc12. The minimum Gasteiger partial charge on any atom is -0.496 e. The van der Waals surface area contributed by atoms with Crippen LogP contribution in [-0.2, 0) is 0 Å². The zero-order valence-corrected chi connectivity index (χ0v) is 16.8. The second-order valence-electron chi connectivity index (χ2n) is 6.96. The predicted molar refractivity (Wildman–Crippen MR) is 114 cm³/mol. The first-order valence-electron chi connectivity index (χ1n) is 9.15. The maximum atomic E-state index is 13.0. The second-order valence-corrected chi connectivity index (χ2v) is 6.96. The van der Waals surface area contributed by atoms with E-state index < -0.39 is 10.8 Å². The molecule has 29 heavy (non-hydrogen) atoms. The molecule has 0 aromatic heterocycles. The Hall–Kier alpha value is -3.61. The Morgan fingerprint density at radius 3 is 2.48 bits per heavy atom. The molecule has 0 aliphatic carbocycles. The number of carbonyl (C=O) groups excluding carboxylic acids is 1. The Morgan fingerprint density at radius 1 is 1.14 bits per heavy atom. The summed E-state index contributed by atoms with van der Waals surface area (Å²) in [7, 11) is 4.83. The zero-order chi connectivity index (χ0) is 21.1. The van der Waals surface area contributed by atoms with E-state index in [9.17, 15) is 14.9 Å². The third kappa shape index (κ3) is 3.99. The molecule has 150 valence electrons. The molecule has 3 aromatic rings. The summed E-state index contributed by atoms with van der Waals surface area (Å²) in [5, 5.41) is 16.6. The van der Waals surface area contributed by atoms with Crippen LogP contribution in [0.25, 0.3) is 10.8 Å². The molecule has 0 unspecified atom stereocenters. The van der Waals surface area contributed by atoms with Crippen molar-refractivity contribution in [3.05, 3.63) is 75.8 Å². The number of nitrogens with zero attached hydrogens (tertiary/aromatic N) is 2. The molecule has 0 aliphatic rings. The van der Waals surface area contributed by atoms with Crippen LogP contribution in [0.1, 0.15) is 28.9 Å². The van der Waals surface area contributed by atoms with Crippen molar-refractivity contribution in [1.29, 1.82) is 0 Å². The summed E-state index contributed by atoms with van der Waals surface area (Å²) in [6.45, 7) is 1.88. The Balaban J connectivity index is 1.97. The molecule has 0 radical (unpaired) electrons. The van der Waals surface area contributed by atoms with Gasteiger partial charge in [-0.25, -0.2) is 0 Å². The smallest absolute Gasteiger partial charge is 0.293 e. The fraction of sp³-hybridized carbons (Fsp3) is 0.227. The van der Waals surface area contributed by atoms with E-state index >= 15 is 0 Å². The maximum absolute atomic E-state index is 13.0. The van der Waals surface area contributed by atoms with Gasteiger partial charge in [0.1, 0.15) is 11.4 Å². The van der Waals surface area contributed by atoms with Crippen LogP contribution in [-0.4, -0.2) is 32.0 Å². The molecule has 0 spiro atoms. The van der Waals surface area contributed by atoms with Gasteiger partial charge in [-0.2, -0.15) is 0 Å². The molecular formula is C22H23N3O4. The van der Waals surface area contributed by atoms with E-state index in [1.165, 1.54) is 19.2 Å². The number of anilines is 1. The van der Waals surface area contributed by atoms with E-state index in [-0.39, 0.29) is 23.0 Å². The van der Waals surface area contributed by atoms with Gasteiger partial charge in [0.25, 0.3) is 11.6 Å². The van der Waals surface area contributed by atoms with Crippen LogP contribution in [0.3, 0.4) is 0 Å². The van der Waals surface area contributed by atoms with Crippen molar-refractivity contribution in [3.63, 3.8) is 0 Å². The average molecular weight is 393 g/mol. The molecule has 0 bridgehead atoms. The predicted octanol–water partition coefficient (Wildman–Crippen LogP) is 4.31. The summed E-state index contributed by atoms with van der Waals surface area (Å²) < 4.78 is 5.34. The number of amides is 1. The number of carbonyl (C=O) groups is 1. The lowest BCUT2D eigenvalue weighted by molar-refractivity contribution is -0.384. The number of ether oxygens (including phenoxy) is 1. The van der Waals surface area contributed by atoms with Crippen molar-refractivity contribution in [2.75, 3.05) is 26.1 Å². The summed E-state index contributed by atoms with van der Waals surface area (Å²) >= 11 is 0. The van der Waals surface area contributed by atoms with Gasteiger partial charge in [0, 0.05) is 26.2 Å². The Morgan fingerprint density at radius 2 is 1.83 bits per heavy atom. The molecule has 3 rings (SSSR count). The summed E-state index contributed by atoms with van der Waals surface area (Å²) in [6.07, 6.45) is 0. The lowest BCUT2D eigenvalue weighted by Gasteiger charge is -2.19. The summed E-state index contributed by atoms with van der Waals surface area (Å²) in [5.41, 5.74) is 1.30. The number of nitrogens with one attached hydrogen (secondary N) is 1. The first-order chi connectivity index (χ1) is 13.8. The van der Waals surface area contributed by atoms with E-state index in [1.54, 1.807) is 19.0 Å². The monoisotopic (exact) mass is 393 g/mol. The minimum absolute atomic E-state index is 0.122. The van der Waals surface area contributed by atoms with Crippen molar-refractivity contribution in [2.45, 2.75) is 13.0 Å². The van der Waals surface area contributed by atoms with E-state index in [2.05, 4.69) is 5.32 Å². The molecule has 1 atom stereocenters. The summed E-state index contributed by atoms with van der Waals surface area (Å²) in [6, 6.07) is 16.3. The van der Waals surface area contributed by atoms with Gasteiger partial charge in [-0.05, 0) is 23.3 Å². The number of nitro benzene ring substituents is 1. The topological polar surface area (TPSA) is 84.7 Å². The molecular weight excluding hydrogens is 370 g/mol. The molecule has 1 N–H and O–H groups in total. The van der Waals surface area contributed by atoms with Crippen molar-refractivity contribution in [3.8, 4) is 5.75 Å². The van der Waals surface area contributed by atoms with Gasteiger partial charge in [0.15, 0.2) is 0 Å². The number of methoxy groups -OCH3 is 1. The summed E-state index contributed by atoms with van der Waals surface area (Å²) in [4.78, 5) is 25.6. The number of hydrogen-bond acceptors (Lipinski definition) is 5. The standard InChI is InChI=1S/C22H23N3O4/c1-14(16-11-7-9-15-8-5-6-10-17(15)16)23-22(26)18-12-20(25(27)28)19(24(2)3)13-21(18)29-4/h5-14H,1-4H3,(H,23,26)/t14-/m1/s1. The fourth-order valence-corrected chi connectivity index (χ4v) is 3.39. The number of fused-ring (bicyclic) bond motifs is 1. The third-order valence-electron chi connectivity index (χ3n) is 4.86.